The maximum absolute atomic E-state index is 13.5. The van der Waals surface area contributed by atoms with Crippen molar-refractivity contribution >= 4 is 33.7 Å². The van der Waals surface area contributed by atoms with Crippen LogP contribution in [-0.2, 0) is 0 Å². The lowest BCUT2D eigenvalue weighted by Crippen LogP contribution is -2.19. The Bertz CT molecular complexity index is 1540. The quantitative estimate of drug-likeness (QED) is 0.223. The minimum Gasteiger partial charge on any atom is -0.492 e. The first-order valence-electron chi connectivity index (χ1n) is 10.8. The van der Waals surface area contributed by atoms with E-state index in [1.807, 2.05) is 48.5 Å². The molecule has 0 saturated carbocycles. The molecule has 2 N–H and O–H groups in total. The summed E-state index contributed by atoms with van der Waals surface area (Å²) >= 11 is 0. The molecule has 8 nitrogen and oxygen atoms in total. The third-order valence-electron chi connectivity index (χ3n) is 5.65. The predicted molar refractivity (Wildman–Crippen MR) is 129 cm³/mol. The molecule has 5 aromatic rings. The summed E-state index contributed by atoms with van der Waals surface area (Å²) < 4.78 is 6.46. The average Bonchev–Trinajstić information content (AvgIpc) is 3.16. The van der Waals surface area contributed by atoms with Crippen LogP contribution in [0.2, 0.25) is 0 Å². The molecular weight excluding hydrogens is 448 g/mol. The highest BCUT2D eigenvalue weighted by molar-refractivity contribution is 6.14. The molecule has 0 spiro atoms. The first-order chi connectivity index (χ1) is 16.8. The number of carbonyl (C=O) groups excluding carboxylic acids is 2. The number of rotatable bonds is 4. The van der Waals surface area contributed by atoms with E-state index < -0.39 is 23.7 Å². The molecule has 0 saturated heterocycles. The van der Waals surface area contributed by atoms with Gasteiger partial charge in [-0.3, -0.25) is 0 Å². The highest BCUT2D eigenvalue weighted by atomic mass is 16.7. The molecule has 3 aromatic carbocycles. The third-order valence-corrected chi connectivity index (χ3v) is 5.65. The molecule has 0 amide bonds. The SMILES string of the molecule is Cc1cc(C(=O)On2c(O)ccc2O)cc(C)c1OC(=O)c1c2ccccc2nc2ccccc12. The van der Waals surface area contributed by atoms with Gasteiger partial charge in [-0.2, -0.15) is 0 Å². The van der Waals surface area contributed by atoms with Crippen molar-refractivity contribution in [2.24, 2.45) is 0 Å². The van der Waals surface area contributed by atoms with Gasteiger partial charge in [-0.1, -0.05) is 36.4 Å². The number of esters is 1. The van der Waals surface area contributed by atoms with Crippen molar-refractivity contribution in [3.63, 3.8) is 0 Å². The zero-order valence-corrected chi connectivity index (χ0v) is 18.9. The zero-order valence-electron chi connectivity index (χ0n) is 18.9. The Kier molecular flexibility index (Phi) is 5.33. The van der Waals surface area contributed by atoms with Crippen LogP contribution in [0.5, 0.6) is 17.5 Å². The summed E-state index contributed by atoms with van der Waals surface area (Å²) in [5, 5.41) is 20.8. The maximum atomic E-state index is 13.5. The third kappa shape index (κ3) is 3.91. The lowest BCUT2D eigenvalue weighted by atomic mass is 10.0. The normalized spacial score (nSPS) is 11.0. The molecule has 0 aliphatic carbocycles. The molecule has 0 atom stereocenters. The van der Waals surface area contributed by atoms with Crippen LogP contribution in [0.15, 0.2) is 72.8 Å². The van der Waals surface area contributed by atoms with Crippen molar-refractivity contribution in [2.45, 2.75) is 13.8 Å². The molecular formula is C27H20N2O6. The number of ether oxygens (including phenoxy) is 1. The molecule has 0 fully saturated rings. The van der Waals surface area contributed by atoms with E-state index in [1.54, 1.807) is 13.8 Å². The van der Waals surface area contributed by atoms with E-state index in [-0.39, 0.29) is 5.56 Å². The zero-order chi connectivity index (χ0) is 24.7. The van der Waals surface area contributed by atoms with Gasteiger partial charge in [-0.25, -0.2) is 14.6 Å². The smallest absolute Gasteiger partial charge is 0.363 e. The number of pyridine rings is 1. The van der Waals surface area contributed by atoms with Crippen LogP contribution in [0.4, 0.5) is 0 Å². The van der Waals surface area contributed by atoms with Crippen molar-refractivity contribution in [1.82, 2.24) is 9.71 Å². The fourth-order valence-corrected chi connectivity index (χ4v) is 4.06. The van der Waals surface area contributed by atoms with Crippen LogP contribution < -0.4 is 9.57 Å². The van der Waals surface area contributed by atoms with Gasteiger partial charge in [0.25, 0.3) is 0 Å². The molecule has 0 radical (unpaired) electrons. The number of para-hydroxylation sites is 2. The molecule has 0 bridgehead atoms. The fraction of sp³-hybridized carbons (Fsp3) is 0.0741. The van der Waals surface area contributed by atoms with E-state index in [2.05, 4.69) is 4.98 Å². The Balaban J connectivity index is 1.50. The number of aromatic nitrogens is 2. The summed E-state index contributed by atoms with van der Waals surface area (Å²) in [4.78, 5) is 35.7. The van der Waals surface area contributed by atoms with Crippen LogP contribution in [-0.4, -0.2) is 31.9 Å². The minimum absolute atomic E-state index is 0.159. The summed E-state index contributed by atoms with van der Waals surface area (Å²) in [5.74, 6) is -1.87. The van der Waals surface area contributed by atoms with Gasteiger partial charge in [-0.05, 0) is 49.2 Å². The Morgan fingerprint density at radius 2 is 1.29 bits per heavy atom. The Morgan fingerprint density at radius 1 is 0.771 bits per heavy atom. The van der Waals surface area contributed by atoms with Crippen molar-refractivity contribution in [1.29, 1.82) is 0 Å². The number of aromatic hydroxyl groups is 2. The topological polar surface area (TPSA) is 111 Å². The van der Waals surface area contributed by atoms with Crippen molar-refractivity contribution in [2.75, 3.05) is 0 Å². The predicted octanol–water partition coefficient (Wildman–Crippen LogP) is 4.71. The minimum atomic E-state index is -0.804. The van der Waals surface area contributed by atoms with E-state index in [0.29, 0.717) is 49.0 Å². The molecule has 2 aromatic heterocycles. The van der Waals surface area contributed by atoms with Gasteiger partial charge in [0.1, 0.15) is 5.75 Å². The van der Waals surface area contributed by atoms with E-state index >= 15 is 0 Å². The first kappa shape index (κ1) is 22.0. The first-order valence-corrected chi connectivity index (χ1v) is 10.8. The standard InChI is InChI=1S/C27H20N2O6/c1-15-13-17(26(32)35-29-22(30)11-12-23(29)31)14-16(2)25(15)34-27(33)24-18-7-3-5-9-20(18)28-21-10-6-4-8-19(21)24/h3-14,30-31H,1-2H3. The average molecular weight is 468 g/mol. The number of aryl methyl sites for hydroxylation is 2. The van der Waals surface area contributed by atoms with Crippen LogP contribution in [0.3, 0.4) is 0 Å². The van der Waals surface area contributed by atoms with Crippen LogP contribution >= 0.6 is 0 Å². The van der Waals surface area contributed by atoms with Crippen LogP contribution in [0.25, 0.3) is 21.8 Å². The van der Waals surface area contributed by atoms with E-state index in [1.165, 1.54) is 24.3 Å². The molecule has 2 heterocycles. The lowest BCUT2D eigenvalue weighted by Gasteiger charge is -2.15. The van der Waals surface area contributed by atoms with Gasteiger partial charge in [-0.15, -0.1) is 4.73 Å². The number of nitrogens with zero attached hydrogens (tertiary/aromatic N) is 2. The van der Waals surface area contributed by atoms with Crippen molar-refractivity contribution in [3.8, 4) is 17.5 Å². The largest absolute Gasteiger partial charge is 0.492 e. The monoisotopic (exact) mass is 468 g/mol. The molecule has 174 valence electrons. The number of hydrogen-bond acceptors (Lipinski definition) is 7. The summed E-state index contributed by atoms with van der Waals surface area (Å²) in [6.07, 6.45) is 0. The molecule has 0 aliphatic heterocycles. The second-order valence-corrected chi connectivity index (χ2v) is 8.07. The van der Waals surface area contributed by atoms with Crippen LogP contribution in [0.1, 0.15) is 31.8 Å². The van der Waals surface area contributed by atoms with Gasteiger partial charge in [0.05, 0.1) is 22.2 Å². The highest BCUT2D eigenvalue weighted by Crippen LogP contribution is 2.30. The number of benzene rings is 3. The maximum Gasteiger partial charge on any atom is 0.363 e. The Hall–Kier alpha value is -4.85. The van der Waals surface area contributed by atoms with Gasteiger partial charge in [0, 0.05) is 22.9 Å². The van der Waals surface area contributed by atoms with E-state index in [4.69, 9.17) is 9.57 Å². The molecule has 0 aliphatic rings. The number of carbonyl (C=O) groups is 2. The summed E-state index contributed by atoms with van der Waals surface area (Å²) in [6, 6.07) is 20.1. The van der Waals surface area contributed by atoms with Gasteiger partial charge in [0.2, 0.25) is 11.8 Å². The fourth-order valence-electron chi connectivity index (χ4n) is 4.06. The van der Waals surface area contributed by atoms with E-state index in [9.17, 15) is 19.8 Å². The molecule has 8 heteroatoms. The second-order valence-electron chi connectivity index (χ2n) is 8.07. The van der Waals surface area contributed by atoms with Gasteiger partial charge in [0.15, 0.2) is 0 Å². The van der Waals surface area contributed by atoms with Crippen molar-refractivity contribution in [3.05, 3.63) is 95.1 Å². The Labute approximate surface area is 199 Å². The van der Waals surface area contributed by atoms with Gasteiger partial charge >= 0.3 is 11.9 Å². The molecule has 35 heavy (non-hydrogen) atoms. The summed E-state index contributed by atoms with van der Waals surface area (Å²) in [6.45, 7) is 3.42. The Morgan fingerprint density at radius 3 is 1.83 bits per heavy atom. The van der Waals surface area contributed by atoms with Crippen molar-refractivity contribution < 1.29 is 29.4 Å². The lowest BCUT2D eigenvalue weighted by molar-refractivity contribution is 0.0381. The molecule has 5 rings (SSSR count). The number of fused-ring (bicyclic) bond motifs is 2. The summed E-state index contributed by atoms with van der Waals surface area (Å²) in [7, 11) is 0. The molecule has 0 unspecified atom stereocenters. The number of hydrogen-bond donors (Lipinski definition) is 2. The summed E-state index contributed by atoms with van der Waals surface area (Å²) in [5.41, 5.74) is 3.00. The van der Waals surface area contributed by atoms with Crippen LogP contribution in [0, 0.1) is 13.8 Å². The second kappa shape index (κ2) is 8.49. The highest BCUT2D eigenvalue weighted by Gasteiger charge is 2.22. The van der Waals surface area contributed by atoms with E-state index in [0.717, 1.165) is 0 Å². The van der Waals surface area contributed by atoms with Gasteiger partial charge < -0.3 is 19.8 Å².